The summed E-state index contributed by atoms with van der Waals surface area (Å²) in [5.41, 5.74) is 6.66. The van der Waals surface area contributed by atoms with E-state index in [1.165, 1.54) is 0 Å². The zero-order chi connectivity index (χ0) is 27.9. The maximum Gasteiger partial charge on any atom is 0.263 e. The van der Waals surface area contributed by atoms with Crippen molar-refractivity contribution < 1.29 is 9.47 Å². The third kappa shape index (κ3) is 3.95. The monoisotopic (exact) mass is 533 g/mol. The first-order valence-electron chi connectivity index (χ1n) is 13.6. The summed E-state index contributed by atoms with van der Waals surface area (Å²) in [5, 5.41) is 3.69. The molecule has 0 aliphatic carbocycles. The molecule has 0 saturated heterocycles. The van der Waals surface area contributed by atoms with E-state index in [2.05, 4.69) is 48.5 Å². The van der Waals surface area contributed by atoms with E-state index in [1.54, 1.807) is 14.2 Å². The number of aromatic nitrogens is 1. The Bertz CT molecular complexity index is 2110. The van der Waals surface area contributed by atoms with Gasteiger partial charge in [0.15, 0.2) is 0 Å². The van der Waals surface area contributed by atoms with Gasteiger partial charge < -0.3 is 9.47 Å². The molecule has 4 heteroatoms. The quantitative estimate of drug-likeness (QED) is 0.164. The van der Waals surface area contributed by atoms with Crippen LogP contribution in [0.1, 0.15) is 0 Å². The van der Waals surface area contributed by atoms with Crippen molar-refractivity contribution >= 4 is 27.1 Å². The van der Waals surface area contributed by atoms with Crippen LogP contribution < -0.4 is 15.0 Å². The van der Waals surface area contributed by atoms with E-state index in [4.69, 9.17) is 9.47 Å². The molecule has 0 bridgehead atoms. The SMILES string of the molecule is COc1ccc(-c2c(-c3ccc(OC)cc3)n3c(=O)c4ccccc4c(-c4ccccc4)c3c3ccccc23)cc1. The lowest BCUT2D eigenvalue weighted by Crippen LogP contribution is -2.18. The highest BCUT2D eigenvalue weighted by Crippen LogP contribution is 2.44. The highest BCUT2D eigenvalue weighted by atomic mass is 16.5. The molecule has 0 radical (unpaired) electrons. The fourth-order valence-corrected chi connectivity index (χ4v) is 5.93. The maximum atomic E-state index is 14.6. The molecule has 0 N–H and O–H groups in total. The number of rotatable bonds is 5. The normalized spacial score (nSPS) is 11.3. The van der Waals surface area contributed by atoms with Gasteiger partial charge in [0, 0.05) is 21.9 Å². The fourth-order valence-electron chi connectivity index (χ4n) is 5.93. The minimum atomic E-state index is -0.0541. The Hall–Kier alpha value is -5.35. The van der Waals surface area contributed by atoms with Crippen molar-refractivity contribution in [3.8, 4) is 45.0 Å². The Balaban J connectivity index is 1.78. The minimum Gasteiger partial charge on any atom is -0.497 e. The molecule has 198 valence electrons. The largest absolute Gasteiger partial charge is 0.497 e. The van der Waals surface area contributed by atoms with Crippen LogP contribution in [0, 0.1) is 0 Å². The summed E-state index contributed by atoms with van der Waals surface area (Å²) in [6, 6.07) is 42.6. The maximum absolute atomic E-state index is 14.6. The van der Waals surface area contributed by atoms with Crippen LogP contribution in [0.4, 0.5) is 0 Å². The third-order valence-electron chi connectivity index (χ3n) is 7.81. The van der Waals surface area contributed by atoms with Gasteiger partial charge in [0.05, 0.1) is 25.4 Å². The second-order valence-electron chi connectivity index (χ2n) is 10.0. The van der Waals surface area contributed by atoms with Gasteiger partial charge in [-0.15, -0.1) is 0 Å². The van der Waals surface area contributed by atoms with Gasteiger partial charge in [0.25, 0.3) is 5.56 Å². The van der Waals surface area contributed by atoms with Crippen LogP contribution in [0.5, 0.6) is 11.5 Å². The predicted molar refractivity (Wildman–Crippen MR) is 168 cm³/mol. The number of benzene rings is 5. The number of hydrogen-bond acceptors (Lipinski definition) is 3. The van der Waals surface area contributed by atoms with Crippen molar-refractivity contribution in [1.82, 2.24) is 4.40 Å². The van der Waals surface area contributed by atoms with E-state index in [0.29, 0.717) is 5.39 Å². The standard InChI is InChI=1S/C37H27NO3/c1-40-27-20-16-25(17-21-27)33-29-12-6-8-14-31(29)36-34(24-10-4-3-5-11-24)30-13-7-9-15-32(30)37(39)38(36)35(33)26-18-22-28(41-2)23-19-26/h3-23H,1-2H3. The Morgan fingerprint density at radius 3 is 1.51 bits per heavy atom. The molecule has 0 aliphatic heterocycles. The van der Waals surface area contributed by atoms with E-state index >= 15 is 0 Å². The molecule has 7 aromatic rings. The Morgan fingerprint density at radius 2 is 0.927 bits per heavy atom. The number of hydrogen-bond donors (Lipinski definition) is 0. The van der Waals surface area contributed by atoms with E-state index in [0.717, 1.165) is 66.7 Å². The lowest BCUT2D eigenvalue weighted by Gasteiger charge is -2.22. The molecular weight excluding hydrogens is 506 g/mol. The van der Waals surface area contributed by atoms with Crippen molar-refractivity contribution in [3.63, 3.8) is 0 Å². The first-order valence-corrected chi connectivity index (χ1v) is 13.6. The highest BCUT2D eigenvalue weighted by Gasteiger charge is 2.23. The molecule has 2 aromatic heterocycles. The zero-order valence-corrected chi connectivity index (χ0v) is 22.8. The van der Waals surface area contributed by atoms with Gasteiger partial charge in [0.2, 0.25) is 0 Å². The first kappa shape index (κ1) is 24.7. The molecule has 4 nitrogen and oxygen atoms in total. The van der Waals surface area contributed by atoms with E-state index in [1.807, 2.05) is 83.3 Å². The average molecular weight is 534 g/mol. The average Bonchev–Trinajstić information content (AvgIpc) is 3.05. The van der Waals surface area contributed by atoms with Gasteiger partial charge in [-0.1, -0.05) is 84.9 Å². The van der Waals surface area contributed by atoms with Crippen LogP contribution in [0.15, 0.2) is 132 Å². The molecule has 0 amide bonds. The van der Waals surface area contributed by atoms with Crippen molar-refractivity contribution in [2.45, 2.75) is 0 Å². The first-order chi connectivity index (χ1) is 20.2. The third-order valence-corrected chi connectivity index (χ3v) is 7.81. The second-order valence-corrected chi connectivity index (χ2v) is 10.0. The van der Waals surface area contributed by atoms with Gasteiger partial charge in [-0.3, -0.25) is 9.20 Å². The molecule has 0 unspecified atom stereocenters. The van der Waals surface area contributed by atoms with Gasteiger partial charge in [-0.25, -0.2) is 0 Å². The summed E-state index contributed by atoms with van der Waals surface area (Å²) in [4.78, 5) is 14.6. The lowest BCUT2D eigenvalue weighted by molar-refractivity contribution is 0.414. The minimum absolute atomic E-state index is 0.0541. The summed E-state index contributed by atoms with van der Waals surface area (Å²) in [7, 11) is 3.32. The van der Waals surface area contributed by atoms with E-state index < -0.39 is 0 Å². The molecule has 0 fully saturated rings. The number of ether oxygens (including phenoxy) is 2. The Kier molecular flexibility index (Phi) is 6.02. The molecule has 0 spiro atoms. The topological polar surface area (TPSA) is 39.9 Å². The fraction of sp³-hybridized carbons (Fsp3) is 0.0541. The summed E-state index contributed by atoms with van der Waals surface area (Å²) in [6.45, 7) is 0. The number of fused-ring (bicyclic) bond motifs is 4. The van der Waals surface area contributed by atoms with Crippen LogP contribution >= 0.6 is 0 Å². The molecule has 41 heavy (non-hydrogen) atoms. The summed E-state index contributed by atoms with van der Waals surface area (Å²) < 4.78 is 12.9. The smallest absolute Gasteiger partial charge is 0.263 e. The molecule has 0 atom stereocenters. The molecule has 7 rings (SSSR count). The Labute approximate surface area is 237 Å². The summed E-state index contributed by atoms with van der Waals surface area (Å²) >= 11 is 0. The Morgan fingerprint density at radius 1 is 0.463 bits per heavy atom. The van der Waals surface area contributed by atoms with Crippen LogP contribution in [-0.4, -0.2) is 18.6 Å². The molecular formula is C37H27NO3. The van der Waals surface area contributed by atoms with Crippen molar-refractivity contribution in [2.75, 3.05) is 14.2 Å². The lowest BCUT2D eigenvalue weighted by atomic mass is 9.89. The summed E-state index contributed by atoms with van der Waals surface area (Å²) in [5.74, 6) is 1.53. The molecule has 0 saturated carbocycles. The number of pyridine rings is 2. The zero-order valence-electron chi connectivity index (χ0n) is 22.8. The van der Waals surface area contributed by atoms with Crippen molar-refractivity contribution in [2.24, 2.45) is 0 Å². The molecule has 0 aliphatic rings. The summed E-state index contributed by atoms with van der Waals surface area (Å²) in [6.07, 6.45) is 0. The second kappa shape index (κ2) is 10.00. The number of methoxy groups -OCH3 is 2. The number of nitrogens with zero attached hydrogens (tertiary/aromatic N) is 1. The van der Waals surface area contributed by atoms with Crippen LogP contribution in [0.3, 0.4) is 0 Å². The van der Waals surface area contributed by atoms with Gasteiger partial charge in [-0.2, -0.15) is 0 Å². The van der Waals surface area contributed by atoms with Crippen LogP contribution in [0.2, 0.25) is 0 Å². The van der Waals surface area contributed by atoms with Gasteiger partial charge in [0.1, 0.15) is 11.5 Å². The molecule has 5 aromatic carbocycles. The van der Waals surface area contributed by atoms with Crippen molar-refractivity contribution in [3.05, 3.63) is 138 Å². The van der Waals surface area contributed by atoms with Gasteiger partial charge >= 0.3 is 0 Å². The van der Waals surface area contributed by atoms with E-state index in [-0.39, 0.29) is 5.56 Å². The highest BCUT2D eigenvalue weighted by molar-refractivity contribution is 6.17. The van der Waals surface area contributed by atoms with Crippen molar-refractivity contribution in [1.29, 1.82) is 0 Å². The van der Waals surface area contributed by atoms with E-state index in [9.17, 15) is 4.79 Å². The van der Waals surface area contributed by atoms with Crippen LogP contribution in [0.25, 0.3) is 60.6 Å². The predicted octanol–water partition coefficient (Wildman–Crippen LogP) is 8.62. The van der Waals surface area contributed by atoms with Gasteiger partial charge in [-0.05, 0) is 69.9 Å². The van der Waals surface area contributed by atoms with Crippen LogP contribution in [-0.2, 0) is 0 Å². The molecule has 2 heterocycles.